The van der Waals surface area contributed by atoms with Gasteiger partial charge in [0.05, 0.1) is 0 Å². The van der Waals surface area contributed by atoms with Crippen LogP contribution < -0.4 is 10.2 Å². The molecule has 0 amide bonds. The Kier molecular flexibility index (Phi) is 3.50. The molecule has 0 saturated carbocycles. The standard InChI is InChI=1S/C13H22N4/c1-9(2)13-15-11(14-4)8-12(16-13)17-7-5-6-10(17)3/h8-10H,5-7H2,1-4H3,(H,14,15,16). The Labute approximate surface area is 103 Å². The lowest BCUT2D eigenvalue weighted by atomic mass is 10.2. The summed E-state index contributed by atoms with van der Waals surface area (Å²) in [6.45, 7) is 7.64. The molecule has 1 atom stereocenters. The minimum absolute atomic E-state index is 0.361. The Morgan fingerprint density at radius 3 is 2.71 bits per heavy atom. The van der Waals surface area contributed by atoms with E-state index in [2.05, 4.69) is 41.0 Å². The van der Waals surface area contributed by atoms with Gasteiger partial charge in [0.2, 0.25) is 0 Å². The molecule has 4 nitrogen and oxygen atoms in total. The summed E-state index contributed by atoms with van der Waals surface area (Å²) in [4.78, 5) is 11.6. The van der Waals surface area contributed by atoms with E-state index in [9.17, 15) is 0 Å². The fraction of sp³-hybridized carbons (Fsp3) is 0.692. The number of hydrogen-bond acceptors (Lipinski definition) is 4. The lowest BCUT2D eigenvalue weighted by Gasteiger charge is -2.23. The lowest BCUT2D eigenvalue weighted by molar-refractivity contribution is 0.712. The van der Waals surface area contributed by atoms with Gasteiger partial charge in [-0.05, 0) is 19.8 Å². The quantitative estimate of drug-likeness (QED) is 0.873. The monoisotopic (exact) mass is 234 g/mol. The summed E-state index contributed by atoms with van der Waals surface area (Å²) in [7, 11) is 1.91. The van der Waals surface area contributed by atoms with Gasteiger partial charge in [-0.15, -0.1) is 0 Å². The molecule has 1 saturated heterocycles. The van der Waals surface area contributed by atoms with Crippen LogP contribution in [0.25, 0.3) is 0 Å². The first-order chi connectivity index (χ1) is 8.11. The lowest BCUT2D eigenvalue weighted by Crippen LogP contribution is -2.27. The van der Waals surface area contributed by atoms with Gasteiger partial charge in [0, 0.05) is 31.6 Å². The summed E-state index contributed by atoms with van der Waals surface area (Å²) >= 11 is 0. The molecule has 0 spiro atoms. The molecule has 0 radical (unpaired) electrons. The summed E-state index contributed by atoms with van der Waals surface area (Å²) < 4.78 is 0. The third-order valence-corrected chi connectivity index (χ3v) is 3.35. The minimum atomic E-state index is 0.361. The molecule has 1 N–H and O–H groups in total. The molecule has 1 aliphatic rings. The van der Waals surface area contributed by atoms with Gasteiger partial charge in [-0.3, -0.25) is 0 Å². The van der Waals surface area contributed by atoms with Gasteiger partial charge >= 0.3 is 0 Å². The fourth-order valence-electron chi connectivity index (χ4n) is 2.26. The van der Waals surface area contributed by atoms with Crippen LogP contribution in [0.5, 0.6) is 0 Å². The number of rotatable bonds is 3. The molecule has 94 valence electrons. The van der Waals surface area contributed by atoms with Crippen LogP contribution in [0, 0.1) is 0 Å². The van der Waals surface area contributed by atoms with Crippen LogP contribution in [0.1, 0.15) is 45.4 Å². The predicted octanol–water partition coefficient (Wildman–Crippen LogP) is 2.63. The molecule has 4 heteroatoms. The zero-order valence-electron chi connectivity index (χ0n) is 11.2. The third-order valence-electron chi connectivity index (χ3n) is 3.35. The number of hydrogen-bond donors (Lipinski definition) is 1. The molecule has 1 aromatic heterocycles. The van der Waals surface area contributed by atoms with Crippen LogP contribution >= 0.6 is 0 Å². The Morgan fingerprint density at radius 1 is 1.41 bits per heavy atom. The van der Waals surface area contributed by atoms with E-state index in [0.717, 1.165) is 24.0 Å². The van der Waals surface area contributed by atoms with Gasteiger partial charge in [0.25, 0.3) is 0 Å². The van der Waals surface area contributed by atoms with E-state index >= 15 is 0 Å². The highest BCUT2D eigenvalue weighted by atomic mass is 15.2. The van der Waals surface area contributed by atoms with Gasteiger partial charge < -0.3 is 10.2 Å². The maximum atomic E-state index is 4.69. The van der Waals surface area contributed by atoms with Crippen molar-refractivity contribution in [2.75, 3.05) is 23.8 Å². The van der Waals surface area contributed by atoms with Crippen molar-refractivity contribution in [3.8, 4) is 0 Å². The van der Waals surface area contributed by atoms with Crippen molar-refractivity contribution in [1.29, 1.82) is 0 Å². The zero-order chi connectivity index (χ0) is 12.4. The van der Waals surface area contributed by atoms with Crippen molar-refractivity contribution in [3.05, 3.63) is 11.9 Å². The van der Waals surface area contributed by atoms with Crippen LogP contribution in [0.15, 0.2) is 6.07 Å². The maximum absolute atomic E-state index is 4.69. The smallest absolute Gasteiger partial charge is 0.135 e. The number of anilines is 2. The Balaban J connectivity index is 2.35. The molecule has 0 aromatic carbocycles. The first-order valence-electron chi connectivity index (χ1n) is 6.45. The van der Waals surface area contributed by atoms with Crippen LogP contribution in [-0.2, 0) is 0 Å². The summed E-state index contributed by atoms with van der Waals surface area (Å²) in [6, 6.07) is 2.64. The number of nitrogens with zero attached hydrogens (tertiary/aromatic N) is 3. The molecule has 1 aromatic rings. The van der Waals surface area contributed by atoms with Crippen molar-refractivity contribution < 1.29 is 0 Å². The molecule has 0 bridgehead atoms. The zero-order valence-corrected chi connectivity index (χ0v) is 11.2. The van der Waals surface area contributed by atoms with Crippen molar-refractivity contribution in [3.63, 3.8) is 0 Å². The maximum Gasteiger partial charge on any atom is 0.135 e. The average Bonchev–Trinajstić information content (AvgIpc) is 2.74. The van der Waals surface area contributed by atoms with Crippen LogP contribution in [-0.4, -0.2) is 29.6 Å². The number of aromatic nitrogens is 2. The molecule has 1 unspecified atom stereocenters. The Morgan fingerprint density at radius 2 is 2.18 bits per heavy atom. The average molecular weight is 234 g/mol. The van der Waals surface area contributed by atoms with E-state index in [4.69, 9.17) is 0 Å². The molecule has 17 heavy (non-hydrogen) atoms. The highest BCUT2D eigenvalue weighted by Crippen LogP contribution is 2.26. The normalized spacial score (nSPS) is 20.1. The molecule has 0 aliphatic carbocycles. The van der Waals surface area contributed by atoms with E-state index in [1.54, 1.807) is 0 Å². The predicted molar refractivity (Wildman–Crippen MR) is 71.7 cm³/mol. The van der Waals surface area contributed by atoms with E-state index in [0.29, 0.717) is 12.0 Å². The van der Waals surface area contributed by atoms with Crippen LogP contribution in [0.3, 0.4) is 0 Å². The van der Waals surface area contributed by atoms with Crippen molar-refractivity contribution in [1.82, 2.24) is 9.97 Å². The van der Waals surface area contributed by atoms with E-state index in [1.165, 1.54) is 12.8 Å². The Bertz CT molecular complexity index is 389. The SMILES string of the molecule is CNc1cc(N2CCCC2C)nc(C(C)C)n1. The molecule has 1 fully saturated rings. The fourth-order valence-corrected chi connectivity index (χ4v) is 2.26. The largest absolute Gasteiger partial charge is 0.373 e. The van der Waals surface area contributed by atoms with Crippen molar-refractivity contribution in [2.24, 2.45) is 0 Å². The van der Waals surface area contributed by atoms with Crippen LogP contribution in [0.4, 0.5) is 11.6 Å². The van der Waals surface area contributed by atoms with Gasteiger partial charge in [-0.2, -0.15) is 0 Å². The highest BCUT2D eigenvalue weighted by molar-refractivity contribution is 5.50. The van der Waals surface area contributed by atoms with Gasteiger partial charge in [-0.25, -0.2) is 9.97 Å². The Hall–Kier alpha value is -1.32. The molecular weight excluding hydrogens is 212 g/mol. The molecule has 2 rings (SSSR count). The van der Waals surface area contributed by atoms with E-state index in [1.807, 2.05) is 13.1 Å². The summed E-state index contributed by atoms with van der Waals surface area (Å²) in [6.07, 6.45) is 2.52. The second kappa shape index (κ2) is 4.90. The first-order valence-corrected chi connectivity index (χ1v) is 6.45. The van der Waals surface area contributed by atoms with E-state index < -0.39 is 0 Å². The second-order valence-electron chi connectivity index (χ2n) is 5.06. The van der Waals surface area contributed by atoms with Gasteiger partial charge in [0.1, 0.15) is 17.5 Å². The summed E-state index contributed by atoms with van der Waals surface area (Å²) in [5.74, 6) is 3.27. The molecule has 1 aliphatic heterocycles. The first kappa shape index (κ1) is 12.1. The van der Waals surface area contributed by atoms with Crippen LogP contribution in [0.2, 0.25) is 0 Å². The number of nitrogens with one attached hydrogen (secondary N) is 1. The van der Waals surface area contributed by atoms with E-state index in [-0.39, 0.29) is 0 Å². The third kappa shape index (κ3) is 2.51. The summed E-state index contributed by atoms with van der Waals surface area (Å²) in [5.41, 5.74) is 0. The topological polar surface area (TPSA) is 41.0 Å². The minimum Gasteiger partial charge on any atom is -0.373 e. The van der Waals surface area contributed by atoms with Gasteiger partial charge in [0.15, 0.2) is 0 Å². The second-order valence-corrected chi connectivity index (χ2v) is 5.06. The van der Waals surface area contributed by atoms with Crippen molar-refractivity contribution >= 4 is 11.6 Å². The van der Waals surface area contributed by atoms with Gasteiger partial charge in [-0.1, -0.05) is 13.8 Å². The molecular formula is C13H22N4. The highest BCUT2D eigenvalue weighted by Gasteiger charge is 2.22. The van der Waals surface area contributed by atoms with Crippen molar-refractivity contribution in [2.45, 2.75) is 45.6 Å². The summed E-state index contributed by atoms with van der Waals surface area (Å²) in [5, 5.41) is 3.12. The molecule has 2 heterocycles.